The fourth-order valence-corrected chi connectivity index (χ4v) is 3.47. The van der Waals surface area contributed by atoms with E-state index in [1.165, 1.54) is 17.0 Å². The molecule has 0 fully saturated rings. The van der Waals surface area contributed by atoms with Gasteiger partial charge in [-0.1, -0.05) is 55.0 Å². The van der Waals surface area contributed by atoms with Gasteiger partial charge in [-0.05, 0) is 55.3 Å². The quantitative estimate of drug-likeness (QED) is 0.494. The molecule has 6 heteroatoms. The van der Waals surface area contributed by atoms with Crippen molar-refractivity contribution >= 4 is 23.3 Å². The van der Waals surface area contributed by atoms with E-state index in [1.807, 2.05) is 68.4 Å². The molecule has 2 N–H and O–H groups in total. The van der Waals surface area contributed by atoms with Gasteiger partial charge in [-0.2, -0.15) is 0 Å². The van der Waals surface area contributed by atoms with Crippen LogP contribution in [0.15, 0.2) is 78.9 Å². The van der Waals surface area contributed by atoms with Crippen LogP contribution in [0.4, 0.5) is 20.6 Å². The van der Waals surface area contributed by atoms with Gasteiger partial charge in [0.2, 0.25) is 5.91 Å². The van der Waals surface area contributed by atoms with E-state index in [0.717, 1.165) is 11.1 Å². The van der Waals surface area contributed by atoms with Gasteiger partial charge in [0.05, 0.1) is 5.92 Å². The van der Waals surface area contributed by atoms with Gasteiger partial charge in [0.1, 0.15) is 5.82 Å². The van der Waals surface area contributed by atoms with Crippen molar-refractivity contribution in [3.63, 3.8) is 0 Å². The Morgan fingerprint density at radius 2 is 1.59 bits per heavy atom. The zero-order valence-corrected chi connectivity index (χ0v) is 18.3. The number of aryl methyl sites for hydroxylation is 1. The normalized spacial score (nSPS) is 11.5. The number of halogens is 1. The van der Waals surface area contributed by atoms with E-state index in [2.05, 4.69) is 10.6 Å². The Bertz CT molecular complexity index is 1020. The average molecular weight is 434 g/mol. The van der Waals surface area contributed by atoms with Crippen molar-refractivity contribution in [1.82, 2.24) is 5.32 Å². The molecule has 0 spiro atoms. The van der Waals surface area contributed by atoms with Gasteiger partial charge in [-0.15, -0.1) is 0 Å². The largest absolute Gasteiger partial charge is 0.354 e. The maximum absolute atomic E-state index is 13.4. The van der Waals surface area contributed by atoms with Crippen LogP contribution in [0.5, 0.6) is 0 Å². The number of nitrogens with zero attached hydrogens (tertiary/aromatic N) is 1. The number of nitrogens with one attached hydrogen (secondary N) is 2. The molecule has 0 aromatic heterocycles. The third kappa shape index (κ3) is 6.17. The van der Waals surface area contributed by atoms with E-state index in [9.17, 15) is 14.0 Å². The van der Waals surface area contributed by atoms with Crippen LogP contribution in [0.2, 0.25) is 0 Å². The monoisotopic (exact) mass is 433 g/mol. The van der Waals surface area contributed by atoms with Crippen molar-refractivity contribution in [2.24, 2.45) is 0 Å². The minimum Gasteiger partial charge on any atom is -0.354 e. The van der Waals surface area contributed by atoms with Crippen LogP contribution >= 0.6 is 0 Å². The highest BCUT2D eigenvalue weighted by Gasteiger charge is 2.20. The number of hydrogen-bond donors (Lipinski definition) is 2. The van der Waals surface area contributed by atoms with Crippen LogP contribution in [-0.4, -0.2) is 25.0 Å². The smallest absolute Gasteiger partial charge is 0.326 e. The molecule has 0 saturated heterocycles. The molecule has 3 aromatic rings. The lowest BCUT2D eigenvalue weighted by molar-refractivity contribution is -0.122. The maximum atomic E-state index is 13.4. The van der Waals surface area contributed by atoms with Crippen LogP contribution < -0.4 is 15.5 Å². The van der Waals surface area contributed by atoms with Gasteiger partial charge in [0, 0.05) is 24.5 Å². The first-order chi connectivity index (χ1) is 15.5. The lowest BCUT2D eigenvalue weighted by Crippen LogP contribution is -2.42. The number of amides is 3. The van der Waals surface area contributed by atoms with Crippen LogP contribution in [0, 0.1) is 12.7 Å². The van der Waals surface area contributed by atoms with Gasteiger partial charge in [0.25, 0.3) is 0 Å². The minimum absolute atomic E-state index is 0.0864. The van der Waals surface area contributed by atoms with Gasteiger partial charge in [-0.3, -0.25) is 9.69 Å². The Morgan fingerprint density at radius 3 is 2.22 bits per heavy atom. The van der Waals surface area contributed by atoms with E-state index >= 15 is 0 Å². The second-order valence-corrected chi connectivity index (χ2v) is 7.59. The van der Waals surface area contributed by atoms with E-state index < -0.39 is 0 Å². The summed E-state index contributed by atoms with van der Waals surface area (Å²) < 4.78 is 13.4. The number of carbonyl (C=O) groups is 2. The molecule has 3 rings (SSSR count). The molecule has 3 aromatic carbocycles. The zero-order valence-electron chi connectivity index (χ0n) is 18.3. The predicted octanol–water partition coefficient (Wildman–Crippen LogP) is 5.48. The second kappa shape index (κ2) is 11.1. The lowest BCUT2D eigenvalue weighted by atomic mass is 9.96. The number of anilines is 2. The molecule has 0 radical (unpaired) electrons. The third-order valence-corrected chi connectivity index (χ3v) is 5.25. The molecular weight excluding hydrogens is 405 g/mol. The third-order valence-electron chi connectivity index (χ3n) is 5.25. The number of benzene rings is 3. The number of rotatable bonds is 8. The van der Waals surface area contributed by atoms with Crippen molar-refractivity contribution in [3.8, 4) is 0 Å². The zero-order chi connectivity index (χ0) is 22.9. The summed E-state index contributed by atoms with van der Waals surface area (Å²) in [5.41, 5.74) is 3.25. The molecule has 5 nitrogen and oxygen atoms in total. The first-order valence-corrected chi connectivity index (χ1v) is 10.7. The molecule has 0 bridgehead atoms. The Kier molecular flexibility index (Phi) is 7.97. The fourth-order valence-electron chi connectivity index (χ4n) is 3.47. The summed E-state index contributed by atoms with van der Waals surface area (Å²) in [6.45, 7) is 4.44. The Morgan fingerprint density at radius 1 is 0.938 bits per heavy atom. The number of hydrogen-bond acceptors (Lipinski definition) is 2. The maximum Gasteiger partial charge on any atom is 0.326 e. The molecule has 0 aliphatic heterocycles. The van der Waals surface area contributed by atoms with Gasteiger partial charge >= 0.3 is 6.03 Å². The Labute approximate surface area is 188 Å². The first-order valence-electron chi connectivity index (χ1n) is 10.7. The van der Waals surface area contributed by atoms with Crippen LogP contribution in [0.3, 0.4) is 0 Å². The summed E-state index contributed by atoms with van der Waals surface area (Å²) in [5.74, 6) is -0.719. The van der Waals surface area contributed by atoms with Crippen LogP contribution in [0.1, 0.15) is 30.4 Å². The summed E-state index contributed by atoms with van der Waals surface area (Å²) in [6, 6.07) is 22.4. The van der Waals surface area contributed by atoms with Crippen LogP contribution in [0.25, 0.3) is 0 Å². The molecule has 1 atom stereocenters. The lowest BCUT2D eigenvalue weighted by Gasteiger charge is -2.24. The molecule has 1 unspecified atom stereocenters. The van der Waals surface area contributed by atoms with Crippen molar-refractivity contribution < 1.29 is 14.0 Å². The number of carbonyl (C=O) groups excluding carboxylic acids is 2. The van der Waals surface area contributed by atoms with Crippen LogP contribution in [-0.2, 0) is 4.79 Å². The predicted molar refractivity (Wildman–Crippen MR) is 126 cm³/mol. The van der Waals surface area contributed by atoms with E-state index in [1.54, 1.807) is 12.1 Å². The highest BCUT2D eigenvalue weighted by molar-refractivity contribution is 6.01. The molecule has 0 aliphatic carbocycles. The standard InChI is InChI=1S/C26H28FN3O2/c1-3-24(20-7-5-4-6-8-20)25(31)28-17-18-30(23-15-11-21(27)12-16-23)26(32)29-22-13-9-19(2)10-14-22/h4-16,24H,3,17-18H2,1-2H3,(H,28,31)(H,29,32). The SMILES string of the molecule is CCC(C(=O)NCCN(C(=O)Nc1ccc(C)cc1)c1ccc(F)cc1)c1ccccc1. The molecule has 0 saturated carbocycles. The minimum atomic E-state index is -0.380. The molecule has 0 aliphatic rings. The average Bonchev–Trinajstić information content (AvgIpc) is 2.80. The molecule has 3 amide bonds. The summed E-state index contributed by atoms with van der Waals surface area (Å²) in [5, 5.41) is 5.80. The Hall–Kier alpha value is -3.67. The molecule has 32 heavy (non-hydrogen) atoms. The van der Waals surface area contributed by atoms with Gasteiger partial charge < -0.3 is 10.6 Å². The van der Waals surface area contributed by atoms with Gasteiger partial charge in [0.15, 0.2) is 0 Å². The Balaban J connectivity index is 1.68. The number of urea groups is 1. The highest BCUT2D eigenvalue weighted by Crippen LogP contribution is 2.20. The second-order valence-electron chi connectivity index (χ2n) is 7.59. The van der Waals surface area contributed by atoms with E-state index in [4.69, 9.17) is 0 Å². The van der Waals surface area contributed by atoms with Gasteiger partial charge in [-0.25, -0.2) is 9.18 Å². The molecular formula is C26H28FN3O2. The summed E-state index contributed by atoms with van der Waals surface area (Å²) in [4.78, 5) is 27.2. The molecule has 0 heterocycles. The highest BCUT2D eigenvalue weighted by atomic mass is 19.1. The first kappa shape index (κ1) is 23.0. The van der Waals surface area contributed by atoms with Crippen molar-refractivity contribution in [1.29, 1.82) is 0 Å². The van der Waals surface area contributed by atoms with Crippen molar-refractivity contribution in [3.05, 3.63) is 95.8 Å². The molecule has 166 valence electrons. The van der Waals surface area contributed by atoms with Crippen molar-refractivity contribution in [2.75, 3.05) is 23.3 Å². The van der Waals surface area contributed by atoms with E-state index in [0.29, 0.717) is 17.8 Å². The van der Waals surface area contributed by atoms with E-state index in [-0.39, 0.29) is 36.8 Å². The fraction of sp³-hybridized carbons (Fsp3) is 0.231. The van der Waals surface area contributed by atoms with Crippen molar-refractivity contribution in [2.45, 2.75) is 26.2 Å². The summed E-state index contributed by atoms with van der Waals surface area (Å²) in [6.07, 6.45) is 0.672. The summed E-state index contributed by atoms with van der Waals surface area (Å²) in [7, 11) is 0. The topological polar surface area (TPSA) is 61.4 Å². The summed E-state index contributed by atoms with van der Waals surface area (Å²) >= 11 is 0.